The van der Waals surface area contributed by atoms with E-state index in [1.807, 2.05) is 0 Å². The first kappa shape index (κ1) is 24.0. The van der Waals surface area contributed by atoms with Crippen molar-refractivity contribution in [3.05, 3.63) is 40.7 Å². The summed E-state index contributed by atoms with van der Waals surface area (Å²) in [5.74, 6) is 0.829. The minimum absolute atomic E-state index is 0. The van der Waals surface area contributed by atoms with Crippen molar-refractivity contribution in [3.63, 3.8) is 0 Å². The topological polar surface area (TPSA) is 66.6 Å². The van der Waals surface area contributed by atoms with Crippen LogP contribution in [0.5, 0.6) is 0 Å². The summed E-state index contributed by atoms with van der Waals surface area (Å²) in [7, 11) is 0. The van der Waals surface area contributed by atoms with Crippen LogP contribution < -0.4 is 5.32 Å². The fourth-order valence-corrected chi connectivity index (χ4v) is 5.00. The van der Waals surface area contributed by atoms with Crippen LogP contribution in [0.4, 0.5) is 0 Å². The van der Waals surface area contributed by atoms with Crippen LogP contribution in [0.15, 0.2) is 24.3 Å². The van der Waals surface area contributed by atoms with Crippen LogP contribution in [0.2, 0.25) is 0 Å². The maximum absolute atomic E-state index is 9.83. The molecule has 0 radical (unpaired) electrons. The Kier molecular flexibility index (Phi) is 10.7. The second-order valence-corrected chi connectivity index (χ2v) is 8.57. The Bertz CT molecular complexity index is 557. The van der Waals surface area contributed by atoms with E-state index < -0.39 is 5.60 Å². The fraction of sp³-hybridized carbons (Fsp3) is 0.739. The number of aliphatic hydroxyl groups is 2. The molecule has 1 aromatic rings. The number of benzene rings is 1. The van der Waals surface area contributed by atoms with E-state index in [9.17, 15) is 5.11 Å². The largest absolute Gasteiger partial charge is 0.655 e. The van der Waals surface area contributed by atoms with Gasteiger partial charge in [-0.3, -0.25) is 5.32 Å². The van der Waals surface area contributed by atoms with E-state index >= 15 is 0 Å². The molecule has 2 aliphatic carbocycles. The second kappa shape index (κ2) is 12.4. The third-order valence-electron chi connectivity index (χ3n) is 6.53. The van der Waals surface area contributed by atoms with E-state index in [0.29, 0.717) is 12.6 Å². The van der Waals surface area contributed by atoms with Gasteiger partial charge in [0.05, 0.1) is 12.3 Å². The van der Waals surface area contributed by atoms with Crippen molar-refractivity contribution in [1.29, 1.82) is 0 Å². The van der Waals surface area contributed by atoms with E-state index in [0.717, 1.165) is 44.6 Å². The monoisotopic (exact) mass is 557 g/mol. The standard InChI is InChI=1S/C15H20N.C8H17NO2.W/c1-2-7-13(8-3-1)15-14-9-5-4-6-12(14)10-11-16-15;10-7-9-6-8(11)4-2-1-3-5-8;/h4-6,9,13,15H,1-3,7-8,10-11H2;9-11H,1-7H2;/q-1;;. The van der Waals surface area contributed by atoms with Crippen LogP contribution in [-0.2, 0) is 27.5 Å². The number of nitrogens with one attached hydrogen (secondary N) is 1. The van der Waals surface area contributed by atoms with Gasteiger partial charge in [0.15, 0.2) is 0 Å². The van der Waals surface area contributed by atoms with Crippen molar-refractivity contribution in [2.45, 2.75) is 82.3 Å². The molecule has 2 saturated carbocycles. The Hall–Kier alpha value is -0.252. The third-order valence-corrected chi connectivity index (χ3v) is 6.53. The summed E-state index contributed by atoms with van der Waals surface area (Å²) in [5, 5.41) is 26.0. The second-order valence-electron chi connectivity index (χ2n) is 8.57. The van der Waals surface area contributed by atoms with Crippen molar-refractivity contribution >= 4 is 0 Å². The Balaban J connectivity index is 0.000000208. The average Bonchev–Trinajstić information content (AvgIpc) is 2.73. The number of fused-ring (bicyclic) bond motifs is 1. The van der Waals surface area contributed by atoms with Crippen molar-refractivity contribution < 1.29 is 31.3 Å². The molecule has 0 amide bonds. The van der Waals surface area contributed by atoms with Gasteiger partial charge in [0.1, 0.15) is 0 Å². The van der Waals surface area contributed by atoms with Crippen molar-refractivity contribution in [2.24, 2.45) is 5.92 Å². The third kappa shape index (κ3) is 6.92. The van der Waals surface area contributed by atoms with Gasteiger partial charge in [0.25, 0.3) is 0 Å². The molecular weight excluding hydrogens is 520 g/mol. The molecule has 28 heavy (non-hydrogen) atoms. The van der Waals surface area contributed by atoms with Gasteiger partial charge in [-0.2, -0.15) is 0 Å². The Morgan fingerprint density at radius 1 is 1.00 bits per heavy atom. The van der Waals surface area contributed by atoms with Crippen molar-refractivity contribution in [1.82, 2.24) is 5.32 Å². The Morgan fingerprint density at radius 2 is 1.68 bits per heavy atom. The van der Waals surface area contributed by atoms with E-state index in [1.54, 1.807) is 5.56 Å². The Morgan fingerprint density at radius 3 is 2.39 bits per heavy atom. The molecule has 4 rings (SSSR count). The maximum Gasteiger partial charge on any atom is 0.0932 e. The molecule has 4 nitrogen and oxygen atoms in total. The first-order chi connectivity index (χ1) is 13.2. The zero-order chi connectivity index (χ0) is 19.0. The maximum atomic E-state index is 9.83. The molecule has 2 fully saturated rings. The van der Waals surface area contributed by atoms with Crippen LogP contribution in [0.1, 0.15) is 81.4 Å². The average molecular weight is 557 g/mol. The van der Waals surface area contributed by atoms with Crippen LogP contribution in [-0.4, -0.2) is 35.6 Å². The van der Waals surface area contributed by atoms with Gasteiger partial charge < -0.3 is 15.5 Å². The normalized spacial score (nSPS) is 24.3. The van der Waals surface area contributed by atoms with Crippen LogP contribution in [0.25, 0.3) is 5.32 Å². The molecule has 1 aliphatic heterocycles. The first-order valence-electron chi connectivity index (χ1n) is 11.0. The SMILES string of the molecule is OCNCC1(O)CCCCC1.[W].c1ccc2c(c1)CC[N-]C2C1CCCCC1. The van der Waals surface area contributed by atoms with Gasteiger partial charge in [0.2, 0.25) is 0 Å². The quantitative estimate of drug-likeness (QED) is 0.480. The van der Waals surface area contributed by atoms with Gasteiger partial charge in [0, 0.05) is 27.6 Å². The summed E-state index contributed by atoms with van der Waals surface area (Å²) in [6.45, 7) is 1.53. The van der Waals surface area contributed by atoms with E-state index in [1.165, 1.54) is 44.1 Å². The molecular formula is C23H37N2O2W-. The molecule has 1 unspecified atom stereocenters. The molecule has 1 heterocycles. The molecule has 0 spiro atoms. The molecule has 1 aromatic carbocycles. The minimum atomic E-state index is -0.541. The predicted octanol–water partition coefficient (Wildman–Crippen LogP) is 4.46. The fourth-order valence-electron chi connectivity index (χ4n) is 5.00. The van der Waals surface area contributed by atoms with Crippen LogP contribution in [0, 0.1) is 5.92 Å². The summed E-state index contributed by atoms with van der Waals surface area (Å²) in [6.07, 6.45) is 13.4. The minimum Gasteiger partial charge on any atom is -0.655 e. The number of rotatable bonds is 4. The molecule has 0 saturated heterocycles. The van der Waals surface area contributed by atoms with Crippen LogP contribution in [0.3, 0.4) is 0 Å². The molecule has 0 aromatic heterocycles. The molecule has 1 atom stereocenters. The molecule has 5 heteroatoms. The molecule has 0 bridgehead atoms. The van der Waals surface area contributed by atoms with Crippen molar-refractivity contribution in [3.8, 4) is 0 Å². The summed E-state index contributed by atoms with van der Waals surface area (Å²) in [5.41, 5.74) is 2.54. The predicted molar refractivity (Wildman–Crippen MR) is 111 cm³/mol. The number of aliphatic hydroxyl groups excluding tert-OH is 1. The van der Waals surface area contributed by atoms with Crippen LogP contribution >= 0.6 is 0 Å². The zero-order valence-electron chi connectivity index (χ0n) is 17.1. The number of nitrogens with zero attached hydrogens (tertiary/aromatic N) is 1. The van der Waals surface area contributed by atoms with E-state index in [2.05, 4.69) is 29.6 Å². The van der Waals surface area contributed by atoms with Gasteiger partial charge in [-0.1, -0.05) is 87.1 Å². The smallest absolute Gasteiger partial charge is 0.0932 e. The zero-order valence-corrected chi connectivity index (χ0v) is 20.0. The molecule has 3 aliphatic rings. The van der Waals surface area contributed by atoms with Gasteiger partial charge >= 0.3 is 0 Å². The summed E-state index contributed by atoms with van der Waals surface area (Å²) in [4.78, 5) is 0. The van der Waals surface area contributed by atoms with Gasteiger partial charge in [-0.25, -0.2) is 0 Å². The van der Waals surface area contributed by atoms with Gasteiger partial charge in [-0.15, -0.1) is 12.6 Å². The summed E-state index contributed by atoms with van der Waals surface area (Å²) in [6, 6.07) is 9.46. The van der Waals surface area contributed by atoms with E-state index in [-0.39, 0.29) is 27.8 Å². The van der Waals surface area contributed by atoms with Crippen molar-refractivity contribution in [2.75, 3.05) is 19.8 Å². The summed E-state index contributed by atoms with van der Waals surface area (Å²) < 4.78 is 0. The Labute approximate surface area is 185 Å². The number of hydrogen-bond acceptors (Lipinski definition) is 3. The van der Waals surface area contributed by atoms with E-state index in [4.69, 9.17) is 10.4 Å². The summed E-state index contributed by atoms with van der Waals surface area (Å²) >= 11 is 0. The molecule has 158 valence electrons. The van der Waals surface area contributed by atoms with Gasteiger partial charge in [-0.05, 0) is 24.8 Å². The first-order valence-corrected chi connectivity index (χ1v) is 11.0. The molecule has 3 N–H and O–H groups in total. The number of hydrogen-bond donors (Lipinski definition) is 3.